The average molecular weight is 701 g/mol. The monoisotopic (exact) mass is 700 g/mol. The molecule has 2 aromatic carbocycles. The maximum atomic E-state index is 12.5. The lowest BCUT2D eigenvalue weighted by atomic mass is 9.93. The third kappa shape index (κ3) is 19.1. The number of nitrogens with one attached hydrogen (secondary N) is 1. The number of amides is 2. The second-order valence-corrected chi connectivity index (χ2v) is 12.2. The third-order valence-corrected chi connectivity index (χ3v) is 8.26. The maximum absolute atomic E-state index is 12.5. The van der Waals surface area contributed by atoms with Gasteiger partial charge in [0.15, 0.2) is 0 Å². The fourth-order valence-electron chi connectivity index (χ4n) is 5.40. The number of aryl methyl sites for hydroxylation is 2. The lowest BCUT2D eigenvalue weighted by Crippen LogP contribution is -2.41. The first-order chi connectivity index (χ1) is 24.5. The largest absolute Gasteiger partial charge is 0.382 e. The molecule has 2 aromatic rings. The van der Waals surface area contributed by atoms with Crippen LogP contribution in [0.4, 0.5) is 0 Å². The van der Waals surface area contributed by atoms with Gasteiger partial charge in [0.1, 0.15) is 6.61 Å². The topological polar surface area (TPSA) is 131 Å². The van der Waals surface area contributed by atoms with Crippen molar-refractivity contribution in [1.82, 2.24) is 10.4 Å². The number of likely N-dealkylation sites (tertiary alicyclic amines) is 1. The number of hydrogen-bond acceptors (Lipinski definition) is 10. The minimum atomic E-state index is -0.476. The number of nitrogens with zero attached hydrogens (tertiary/aromatic N) is 1. The predicted molar refractivity (Wildman–Crippen MR) is 187 cm³/mol. The molecule has 1 aliphatic rings. The summed E-state index contributed by atoms with van der Waals surface area (Å²) in [6, 6.07) is 18.5. The van der Waals surface area contributed by atoms with Gasteiger partial charge >= 0.3 is 5.97 Å². The van der Waals surface area contributed by atoms with Crippen LogP contribution in [0.1, 0.15) is 48.8 Å². The Balaban J connectivity index is 1.12. The molecule has 50 heavy (non-hydrogen) atoms. The number of benzene rings is 2. The van der Waals surface area contributed by atoms with Crippen molar-refractivity contribution >= 4 is 17.8 Å². The molecule has 0 spiro atoms. The third-order valence-electron chi connectivity index (χ3n) is 8.26. The van der Waals surface area contributed by atoms with Gasteiger partial charge in [-0.25, -0.2) is 4.79 Å². The number of carbonyl (C=O) groups is 3. The van der Waals surface area contributed by atoms with Gasteiger partial charge in [0.2, 0.25) is 5.91 Å². The molecule has 0 aliphatic carbocycles. The SMILES string of the molecule is COCCOCCOCCOCCOCCOCC(=O)N1CCC(CC(=O)ONC(=O)Cc2ccc(CCCCc3ccccc3)cc2)CC1. The number of ether oxygens (including phenoxy) is 6. The van der Waals surface area contributed by atoms with Gasteiger partial charge in [-0.05, 0) is 61.1 Å². The van der Waals surface area contributed by atoms with Gasteiger partial charge in [-0.3, -0.25) is 9.59 Å². The number of carbonyl (C=O) groups excluding carboxylic acids is 3. The van der Waals surface area contributed by atoms with Crippen molar-refractivity contribution in [1.29, 1.82) is 0 Å². The molecule has 1 fully saturated rings. The quantitative estimate of drug-likeness (QED) is 0.115. The molecule has 0 radical (unpaired) electrons. The van der Waals surface area contributed by atoms with Crippen LogP contribution in [-0.2, 0) is 66.9 Å². The van der Waals surface area contributed by atoms with Gasteiger partial charge in [0.05, 0.1) is 78.9 Å². The van der Waals surface area contributed by atoms with E-state index in [1.807, 2.05) is 18.2 Å². The van der Waals surface area contributed by atoms with E-state index in [9.17, 15) is 14.4 Å². The highest BCUT2D eigenvalue weighted by atomic mass is 16.7. The van der Waals surface area contributed by atoms with Crippen LogP contribution in [0.25, 0.3) is 0 Å². The number of hydrogen-bond donors (Lipinski definition) is 1. The Hall–Kier alpha value is -3.39. The average Bonchev–Trinajstić information content (AvgIpc) is 3.13. The molecule has 278 valence electrons. The van der Waals surface area contributed by atoms with Crippen LogP contribution in [0.2, 0.25) is 0 Å². The standard InChI is InChI=1S/C38H56N2O10/c1-44-19-20-45-21-22-46-23-24-47-25-26-48-27-28-49-31-37(42)40-17-15-35(16-18-40)30-38(43)50-39-36(41)29-34-13-11-33(12-14-34)10-6-5-9-32-7-3-2-4-8-32/h2-4,7-8,11-14,35H,5-6,9-10,15-31H2,1H3,(H,39,41). The van der Waals surface area contributed by atoms with E-state index in [1.54, 1.807) is 12.0 Å². The summed E-state index contributed by atoms with van der Waals surface area (Å²) in [5, 5.41) is 0. The molecule has 12 heteroatoms. The number of unbranched alkanes of at least 4 members (excludes halogenated alkanes) is 1. The summed E-state index contributed by atoms with van der Waals surface area (Å²) in [6.07, 6.45) is 6.00. The van der Waals surface area contributed by atoms with Crippen LogP contribution >= 0.6 is 0 Å². The fourth-order valence-corrected chi connectivity index (χ4v) is 5.40. The van der Waals surface area contributed by atoms with Crippen LogP contribution in [-0.4, -0.2) is 116 Å². The zero-order valence-electron chi connectivity index (χ0n) is 29.7. The molecule has 12 nitrogen and oxygen atoms in total. The Morgan fingerprint density at radius 1 is 0.660 bits per heavy atom. The smallest absolute Gasteiger partial charge is 0.332 e. The Kier molecular flexibility index (Phi) is 21.7. The molecule has 1 N–H and O–H groups in total. The van der Waals surface area contributed by atoms with Crippen molar-refractivity contribution in [2.24, 2.45) is 5.92 Å². The number of rotatable bonds is 26. The van der Waals surface area contributed by atoms with E-state index in [0.29, 0.717) is 92.0 Å². The minimum Gasteiger partial charge on any atom is -0.382 e. The van der Waals surface area contributed by atoms with Crippen LogP contribution in [0, 0.1) is 5.92 Å². The molecule has 0 aromatic heterocycles. The molecule has 2 amide bonds. The second kappa shape index (κ2) is 26.4. The zero-order valence-corrected chi connectivity index (χ0v) is 29.7. The molecular weight excluding hydrogens is 644 g/mol. The van der Waals surface area contributed by atoms with Crippen molar-refractivity contribution in [3.63, 3.8) is 0 Å². The molecule has 0 atom stereocenters. The molecule has 0 unspecified atom stereocenters. The summed E-state index contributed by atoms with van der Waals surface area (Å²) in [5.41, 5.74) is 5.75. The summed E-state index contributed by atoms with van der Waals surface area (Å²) >= 11 is 0. The van der Waals surface area contributed by atoms with Gasteiger partial charge in [-0.15, -0.1) is 0 Å². The van der Waals surface area contributed by atoms with E-state index in [4.69, 9.17) is 33.3 Å². The lowest BCUT2D eigenvalue weighted by Gasteiger charge is -2.31. The van der Waals surface area contributed by atoms with Gasteiger partial charge < -0.3 is 38.2 Å². The Bertz CT molecular complexity index is 1190. The van der Waals surface area contributed by atoms with E-state index in [1.165, 1.54) is 11.1 Å². The molecular formula is C38H56N2O10. The van der Waals surface area contributed by atoms with Gasteiger partial charge in [-0.2, -0.15) is 5.48 Å². The van der Waals surface area contributed by atoms with Gasteiger partial charge in [0.25, 0.3) is 5.91 Å². The summed E-state index contributed by atoms with van der Waals surface area (Å²) in [6.45, 7) is 5.80. The van der Waals surface area contributed by atoms with Crippen LogP contribution in [0.3, 0.4) is 0 Å². The fraction of sp³-hybridized carbons (Fsp3) is 0.605. The maximum Gasteiger partial charge on any atom is 0.332 e. The van der Waals surface area contributed by atoms with Crippen LogP contribution < -0.4 is 5.48 Å². The molecule has 0 saturated carbocycles. The lowest BCUT2D eigenvalue weighted by molar-refractivity contribution is -0.159. The first-order valence-corrected chi connectivity index (χ1v) is 17.8. The molecule has 3 rings (SSSR count). The summed E-state index contributed by atoms with van der Waals surface area (Å²) in [5.74, 6) is -0.838. The van der Waals surface area contributed by atoms with E-state index in [-0.39, 0.29) is 37.2 Å². The van der Waals surface area contributed by atoms with Crippen molar-refractivity contribution in [3.8, 4) is 0 Å². The Morgan fingerprint density at radius 3 is 1.72 bits per heavy atom. The zero-order chi connectivity index (χ0) is 35.5. The second-order valence-electron chi connectivity index (χ2n) is 12.2. The summed E-state index contributed by atoms with van der Waals surface area (Å²) in [7, 11) is 1.63. The molecule has 1 heterocycles. The first-order valence-electron chi connectivity index (χ1n) is 17.8. The number of hydroxylamine groups is 1. The predicted octanol–water partition coefficient (Wildman–Crippen LogP) is 3.73. The van der Waals surface area contributed by atoms with E-state index >= 15 is 0 Å². The molecule has 0 bridgehead atoms. The van der Waals surface area contributed by atoms with Crippen LogP contribution in [0.15, 0.2) is 54.6 Å². The van der Waals surface area contributed by atoms with Crippen LogP contribution in [0.5, 0.6) is 0 Å². The van der Waals surface area contributed by atoms with Crippen molar-refractivity contribution in [2.45, 2.75) is 51.4 Å². The first kappa shape index (κ1) is 41.0. The van der Waals surface area contributed by atoms with Crippen molar-refractivity contribution in [2.75, 3.05) is 92.9 Å². The minimum absolute atomic E-state index is 0.0113. The number of piperidine rings is 1. The van der Waals surface area contributed by atoms with Crippen molar-refractivity contribution in [3.05, 3.63) is 71.3 Å². The van der Waals surface area contributed by atoms with E-state index in [2.05, 4.69) is 41.9 Å². The normalized spacial score (nSPS) is 13.3. The summed E-state index contributed by atoms with van der Waals surface area (Å²) in [4.78, 5) is 44.0. The Morgan fingerprint density at radius 2 is 1.16 bits per heavy atom. The Labute approximate surface area is 297 Å². The highest BCUT2D eigenvalue weighted by Crippen LogP contribution is 2.21. The van der Waals surface area contributed by atoms with Gasteiger partial charge in [-0.1, -0.05) is 54.6 Å². The van der Waals surface area contributed by atoms with Crippen molar-refractivity contribution < 1.29 is 47.6 Å². The number of methoxy groups -OCH3 is 1. The van der Waals surface area contributed by atoms with E-state index in [0.717, 1.165) is 31.2 Å². The molecule has 1 aliphatic heterocycles. The van der Waals surface area contributed by atoms with E-state index < -0.39 is 5.97 Å². The summed E-state index contributed by atoms with van der Waals surface area (Å²) < 4.78 is 32.0. The van der Waals surface area contributed by atoms with Gasteiger partial charge in [0, 0.05) is 20.2 Å². The highest BCUT2D eigenvalue weighted by molar-refractivity contribution is 5.80. The molecule has 1 saturated heterocycles. The highest BCUT2D eigenvalue weighted by Gasteiger charge is 2.25.